The topological polar surface area (TPSA) is 0 Å². The van der Waals surface area contributed by atoms with Crippen molar-refractivity contribution >= 4 is 0 Å². The van der Waals surface area contributed by atoms with E-state index in [2.05, 4.69) is 38.1 Å². The Morgan fingerprint density at radius 3 is 1.78 bits per heavy atom. The van der Waals surface area contributed by atoms with Gasteiger partial charge >= 0.3 is 0 Å². The van der Waals surface area contributed by atoms with E-state index in [-0.39, 0.29) is 16.5 Å². The van der Waals surface area contributed by atoms with Crippen LogP contribution < -0.4 is 0 Å². The van der Waals surface area contributed by atoms with Gasteiger partial charge in [-0.15, -0.1) is 0 Å². The first-order chi connectivity index (χ1) is 3.80. The molecule has 0 aliphatic heterocycles. The van der Waals surface area contributed by atoms with Crippen LogP contribution in [-0.4, -0.2) is 0 Å². The van der Waals surface area contributed by atoms with Gasteiger partial charge in [0.25, 0.3) is 0 Å². The largest absolute Gasteiger partial charge is 0.213 e. The van der Waals surface area contributed by atoms with E-state index < -0.39 is 0 Å². The molecule has 0 aliphatic carbocycles. The molecule has 1 aromatic rings. The van der Waals surface area contributed by atoms with Gasteiger partial charge in [-0.3, -0.25) is 0 Å². The molecule has 0 unspecified atom stereocenters. The van der Waals surface area contributed by atoms with Gasteiger partial charge in [0.05, 0.1) is 0 Å². The molecule has 0 fully saturated rings. The first-order valence-corrected chi connectivity index (χ1v) is 3.02. The van der Waals surface area contributed by atoms with Crippen molar-refractivity contribution in [3.05, 3.63) is 29.8 Å². The van der Waals surface area contributed by atoms with Crippen LogP contribution in [-0.2, 0) is 16.5 Å². The summed E-state index contributed by atoms with van der Waals surface area (Å²) < 4.78 is 0. The predicted octanol–water partition coefficient (Wildman–Crippen LogP) is 2.53. The molecule has 0 heterocycles. The van der Waals surface area contributed by atoms with Gasteiger partial charge in [-0.25, -0.2) is 12.1 Å². The summed E-state index contributed by atoms with van der Waals surface area (Å²) in [5.41, 5.74) is 1.44. The smallest absolute Gasteiger partial charge is 0 e. The average Bonchev–Trinajstić information content (AvgIpc) is 2.12. The molecule has 9 heavy (non-hydrogen) atoms. The molecule has 1 aromatic carbocycles. The number of rotatable bonds is 1. The summed E-state index contributed by atoms with van der Waals surface area (Å²) in [6, 6.07) is 8.47. The van der Waals surface area contributed by atoms with Crippen molar-refractivity contribution in [3.8, 4) is 0 Å². The summed E-state index contributed by atoms with van der Waals surface area (Å²) in [6.45, 7) is 4.41. The molecular weight excluding hydrogens is 155 g/mol. The summed E-state index contributed by atoms with van der Waals surface area (Å²) >= 11 is 0. The van der Waals surface area contributed by atoms with Crippen LogP contribution in [0.4, 0.5) is 0 Å². The molecule has 0 bridgehead atoms. The Balaban J connectivity index is 0.000000640. The minimum atomic E-state index is 0. The third-order valence-electron chi connectivity index (χ3n) is 1.36. The average molecular weight is 166 g/mol. The van der Waals surface area contributed by atoms with Crippen LogP contribution in [0.5, 0.6) is 0 Å². The number of hydrogen-bond donors (Lipinski definition) is 0. The molecule has 0 spiro atoms. The molecule has 0 atom stereocenters. The summed E-state index contributed by atoms with van der Waals surface area (Å²) in [5, 5.41) is 0. The van der Waals surface area contributed by atoms with E-state index in [1.54, 1.807) is 0 Å². The van der Waals surface area contributed by atoms with Crippen molar-refractivity contribution in [2.75, 3.05) is 0 Å². The minimum Gasteiger partial charge on any atom is -0.213 e. The van der Waals surface area contributed by atoms with Crippen molar-refractivity contribution in [3.63, 3.8) is 0 Å². The first-order valence-electron chi connectivity index (χ1n) is 3.02. The zero-order chi connectivity index (χ0) is 5.98. The molecular formula is C8H11Ni-. The van der Waals surface area contributed by atoms with Gasteiger partial charge < -0.3 is 0 Å². The van der Waals surface area contributed by atoms with E-state index in [0.717, 1.165) is 0 Å². The second-order valence-electron chi connectivity index (χ2n) is 2.37. The fraction of sp³-hybridized carbons (Fsp3) is 0.375. The summed E-state index contributed by atoms with van der Waals surface area (Å²) in [7, 11) is 0. The van der Waals surface area contributed by atoms with E-state index in [9.17, 15) is 0 Å². The third-order valence-corrected chi connectivity index (χ3v) is 1.36. The summed E-state index contributed by atoms with van der Waals surface area (Å²) in [5.74, 6) is 0.685. The molecule has 54 valence electrons. The van der Waals surface area contributed by atoms with Crippen molar-refractivity contribution in [1.82, 2.24) is 0 Å². The molecule has 1 rings (SSSR count). The van der Waals surface area contributed by atoms with E-state index in [0.29, 0.717) is 5.92 Å². The number of hydrogen-bond acceptors (Lipinski definition) is 0. The second kappa shape index (κ2) is 3.79. The van der Waals surface area contributed by atoms with Gasteiger partial charge in [0.15, 0.2) is 0 Å². The fourth-order valence-corrected chi connectivity index (χ4v) is 0.774. The van der Waals surface area contributed by atoms with Gasteiger partial charge in [-0.2, -0.15) is 17.7 Å². The predicted molar refractivity (Wildman–Crippen MR) is 36.1 cm³/mol. The van der Waals surface area contributed by atoms with Gasteiger partial charge in [-0.05, 0) is 0 Å². The second-order valence-corrected chi connectivity index (χ2v) is 2.37. The quantitative estimate of drug-likeness (QED) is 0.444. The van der Waals surface area contributed by atoms with E-state index in [1.807, 2.05) is 0 Å². The van der Waals surface area contributed by atoms with Crippen LogP contribution in [0.15, 0.2) is 24.3 Å². The Bertz CT molecular complexity index is 140. The molecule has 0 saturated heterocycles. The van der Waals surface area contributed by atoms with Crippen LogP contribution >= 0.6 is 0 Å². The molecule has 0 saturated carbocycles. The van der Waals surface area contributed by atoms with Gasteiger partial charge in [0.2, 0.25) is 0 Å². The maximum absolute atomic E-state index is 2.20. The van der Waals surface area contributed by atoms with Gasteiger partial charge in [0.1, 0.15) is 0 Å². The fourth-order valence-electron chi connectivity index (χ4n) is 0.774. The molecule has 0 aromatic heterocycles. The summed E-state index contributed by atoms with van der Waals surface area (Å²) in [4.78, 5) is 0. The zero-order valence-electron chi connectivity index (χ0n) is 5.70. The molecule has 0 radical (unpaired) electrons. The van der Waals surface area contributed by atoms with Crippen molar-refractivity contribution in [2.24, 2.45) is 0 Å². The Labute approximate surface area is 66.6 Å². The van der Waals surface area contributed by atoms with Gasteiger partial charge in [0, 0.05) is 16.5 Å². The van der Waals surface area contributed by atoms with Crippen molar-refractivity contribution < 1.29 is 16.5 Å². The molecule has 0 nitrogen and oxygen atoms in total. The van der Waals surface area contributed by atoms with E-state index in [4.69, 9.17) is 0 Å². The monoisotopic (exact) mass is 165 g/mol. The molecule has 0 N–H and O–H groups in total. The standard InChI is InChI=1S/C8H11.Ni/c1-7(2)8-5-3-4-6-8;/h3-7H,1-2H3;/q-1;. The first kappa shape index (κ1) is 8.84. The van der Waals surface area contributed by atoms with Crippen LogP contribution in [0.25, 0.3) is 0 Å². The maximum atomic E-state index is 2.20. The van der Waals surface area contributed by atoms with Crippen molar-refractivity contribution in [1.29, 1.82) is 0 Å². The maximum Gasteiger partial charge on any atom is 0 e. The van der Waals surface area contributed by atoms with E-state index >= 15 is 0 Å². The normalized spacial score (nSPS) is 9.22. The van der Waals surface area contributed by atoms with Crippen LogP contribution in [0.3, 0.4) is 0 Å². The van der Waals surface area contributed by atoms with Gasteiger partial charge in [-0.1, -0.05) is 19.8 Å². The van der Waals surface area contributed by atoms with E-state index in [1.165, 1.54) is 5.56 Å². The molecule has 0 aliphatic rings. The van der Waals surface area contributed by atoms with Crippen LogP contribution in [0, 0.1) is 0 Å². The van der Waals surface area contributed by atoms with Crippen molar-refractivity contribution in [2.45, 2.75) is 19.8 Å². The Hall–Kier alpha value is -0.156. The Kier molecular flexibility index (Phi) is 3.73. The summed E-state index contributed by atoms with van der Waals surface area (Å²) in [6.07, 6.45) is 0. The Morgan fingerprint density at radius 2 is 1.56 bits per heavy atom. The molecule has 1 heteroatoms. The Morgan fingerprint density at radius 1 is 1.11 bits per heavy atom. The van der Waals surface area contributed by atoms with Crippen LogP contribution in [0.1, 0.15) is 25.3 Å². The SMILES string of the molecule is CC(C)[c-]1cccc1.[Ni]. The zero-order valence-corrected chi connectivity index (χ0v) is 6.69. The molecule has 0 amide bonds. The minimum absolute atomic E-state index is 0. The van der Waals surface area contributed by atoms with Crippen LogP contribution in [0.2, 0.25) is 0 Å². The third kappa shape index (κ3) is 2.28.